The maximum absolute atomic E-state index is 13.8. The van der Waals surface area contributed by atoms with Crippen LogP contribution in [0, 0.1) is 5.82 Å². The Morgan fingerprint density at radius 3 is 2.71 bits per heavy atom. The van der Waals surface area contributed by atoms with Gasteiger partial charge in [-0.1, -0.05) is 6.07 Å². The van der Waals surface area contributed by atoms with Gasteiger partial charge in [0, 0.05) is 47.1 Å². The van der Waals surface area contributed by atoms with Crippen molar-refractivity contribution in [1.82, 2.24) is 19.9 Å². The Bertz CT molecular complexity index is 1750. The van der Waals surface area contributed by atoms with Gasteiger partial charge in [-0.05, 0) is 68.8 Å². The number of Topliss-reactive ketones (excluding diaryl/α,β-unsaturated/α-hetero) is 1. The van der Waals surface area contributed by atoms with Gasteiger partial charge in [-0.25, -0.2) is 14.4 Å². The minimum atomic E-state index is -1.46. The van der Waals surface area contributed by atoms with E-state index in [1.165, 1.54) is 12.1 Å². The third-order valence-corrected chi connectivity index (χ3v) is 7.81. The Labute approximate surface area is 236 Å². The number of nitrogens with zero attached hydrogens (tertiary/aromatic N) is 3. The number of aromatic amines is 1. The van der Waals surface area contributed by atoms with Crippen molar-refractivity contribution in [1.29, 1.82) is 0 Å². The van der Waals surface area contributed by atoms with Crippen LogP contribution in [0.2, 0.25) is 0 Å². The highest BCUT2D eigenvalue weighted by atomic mass is 19.1. The van der Waals surface area contributed by atoms with Crippen molar-refractivity contribution in [3.05, 3.63) is 102 Å². The molecule has 3 aromatic heterocycles. The molecule has 0 bridgehead atoms. The third kappa shape index (κ3) is 4.72. The fourth-order valence-electron chi connectivity index (χ4n) is 5.33. The first-order valence-electron chi connectivity index (χ1n) is 13.3. The molecule has 6 rings (SSSR count). The molecule has 0 radical (unpaired) electrons. The predicted octanol–water partition coefficient (Wildman–Crippen LogP) is 5.74. The van der Waals surface area contributed by atoms with E-state index in [4.69, 9.17) is 14.5 Å². The molecule has 2 atom stereocenters. The maximum atomic E-state index is 13.8. The molecule has 0 saturated heterocycles. The number of hydrogen-bond acceptors (Lipinski definition) is 7. The Hall–Kier alpha value is -4.63. The average Bonchev–Trinajstić information content (AvgIpc) is 3.65. The number of imidazole rings is 1. The number of ketones is 1. The number of fused-ring (bicyclic) bond motifs is 2. The fraction of sp³-hybridized carbons (Fsp3) is 0.250. The van der Waals surface area contributed by atoms with Gasteiger partial charge in [0.2, 0.25) is 0 Å². The smallest absolute Gasteiger partial charge is 0.163 e. The van der Waals surface area contributed by atoms with Gasteiger partial charge in [-0.15, -0.1) is 0 Å². The van der Waals surface area contributed by atoms with E-state index in [-0.39, 0.29) is 24.4 Å². The first-order valence-corrected chi connectivity index (χ1v) is 13.3. The molecule has 1 aliphatic heterocycles. The molecular weight excluding hydrogens is 523 g/mol. The van der Waals surface area contributed by atoms with Crippen LogP contribution in [0.25, 0.3) is 22.2 Å². The standard InChI is InChI=1S/C32H29FN4O4/c1-31(30-35-13-14-36-30)18-41-29-23(31)17-26(37-28(29)19-6-8-22(33)9-7-19)32(2,39)11-10-24(38)21-15-20-5-4-12-34-27(20)25(16-21)40-3/h4-9,12-17,39H,10-11,18H2,1-3H3,(H,35,36)/t31-,32-/m0/s1. The van der Waals surface area contributed by atoms with Crippen molar-refractivity contribution < 1.29 is 23.8 Å². The lowest BCUT2D eigenvalue weighted by molar-refractivity contribution is 0.0397. The van der Waals surface area contributed by atoms with Gasteiger partial charge in [0.05, 0.1) is 18.2 Å². The average molecular weight is 553 g/mol. The Morgan fingerprint density at radius 2 is 1.98 bits per heavy atom. The van der Waals surface area contributed by atoms with Gasteiger partial charge in [-0.2, -0.15) is 0 Å². The topological polar surface area (TPSA) is 110 Å². The summed E-state index contributed by atoms with van der Waals surface area (Å²) in [7, 11) is 1.54. The highest BCUT2D eigenvalue weighted by Gasteiger charge is 2.43. The molecule has 9 heteroatoms. The lowest BCUT2D eigenvalue weighted by Gasteiger charge is -2.26. The molecule has 2 aromatic carbocycles. The molecule has 0 spiro atoms. The summed E-state index contributed by atoms with van der Waals surface area (Å²) >= 11 is 0. The predicted molar refractivity (Wildman–Crippen MR) is 152 cm³/mol. The Morgan fingerprint density at radius 1 is 1.17 bits per heavy atom. The first-order chi connectivity index (χ1) is 19.7. The van der Waals surface area contributed by atoms with E-state index in [0.29, 0.717) is 52.0 Å². The number of benzene rings is 2. The molecule has 8 nitrogen and oxygen atoms in total. The number of aliphatic hydroxyl groups is 1. The SMILES string of the molecule is COc1cc(C(=O)CC[C@](C)(O)c2cc3c(c(-c4ccc(F)cc4)n2)OC[C@]3(C)c2ncc[nH]2)cc2cccnc12. The zero-order chi connectivity index (χ0) is 28.8. The minimum Gasteiger partial charge on any atom is -0.494 e. The monoisotopic (exact) mass is 552 g/mol. The molecule has 0 amide bonds. The van der Waals surface area contributed by atoms with E-state index in [0.717, 1.165) is 10.9 Å². The number of pyridine rings is 2. The van der Waals surface area contributed by atoms with Gasteiger partial charge in [0.25, 0.3) is 0 Å². The third-order valence-electron chi connectivity index (χ3n) is 7.81. The van der Waals surface area contributed by atoms with Crippen molar-refractivity contribution in [3.63, 3.8) is 0 Å². The zero-order valence-corrected chi connectivity index (χ0v) is 22.9. The van der Waals surface area contributed by atoms with Gasteiger partial charge >= 0.3 is 0 Å². The molecule has 4 heterocycles. The Balaban J connectivity index is 1.36. The molecular formula is C32H29FN4O4. The Kier molecular flexibility index (Phi) is 6.54. The summed E-state index contributed by atoms with van der Waals surface area (Å²) in [4.78, 5) is 30.1. The highest BCUT2D eigenvalue weighted by Crippen LogP contribution is 2.48. The van der Waals surface area contributed by atoms with Crippen LogP contribution < -0.4 is 9.47 Å². The number of carbonyl (C=O) groups is 1. The fourth-order valence-corrected chi connectivity index (χ4v) is 5.33. The van der Waals surface area contributed by atoms with Crippen molar-refractivity contribution in [2.45, 2.75) is 37.7 Å². The molecule has 2 N–H and O–H groups in total. The van der Waals surface area contributed by atoms with Crippen LogP contribution in [-0.2, 0) is 11.0 Å². The number of rotatable bonds is 8. The van der Waals surface area contributed by atoms with Crippen molar-refractivity contribution in [2.24, 2.45) is 0 Å². The molecule has 0 unspecified atom stereocenters. The number of halogens is 1. The molecule has 208 valence electrons. The van der Waals surface area contributed by atoms with E-state index in [2.05, 4.69) is 15.0 Å². The van der Waals surface area contributed by atoms with E-state index in [9.17, 15) is 14.3 Å². The number of aromatic nitrogens is 4. The van der Waals surface area contributed by atoms with Crippen LogP contribution in [-0.4, -0.2) is 44.5 Å². The number of H-pyrrole nitrogens is 1. The van der Waals surface area contributed by atoms with E-state index in [1.54, 1.807) is 63.0 Å². The van der Waals surface area contributed by atoms with Gasteiger partial charge in [-0.3, -0.25) is 9.78 Å². The van der Waals surface area contributed by atoms with E-state index < -0.39 is 11.0 Å². The van der Waals surface area contributed by atoms with Crippen molar-refractivity contribution >= 4 is 16.7 Å². The van der Waals surface area contributed by atoms with Gasteiger partial charge < -0.3 is 19.6 Å². The normalized spacial score (nSPS) is 17.6. The minimum absolute atomic E-state index is 0.0680. The second kappa shape index (κ2) is 10.1. The first kappa shape index (κ1) is 26.6. The van der Waals surface area contributed by atoms with Crippen molar-refractivity contribution in [3.8, 4) is 22.8 Å². The second-order valence-electron chi connectivity index (χ2n) is 10.7. The molecule has 0 saturated carbocycles. The van der Waals surface area contributed by atoms with Crippen LogP contribution in [0.5, 0.6) is 11.5 Å². The quantitative estimate of drug-likeness (QED) is 0.236. The summed E-state index contributed by atoms with van der Waals surface area (Å²) < 4.78 is 25.4. The number of hydrogen-bond donors (Lipinski definition) is 2. The molecule has 0 aliphatic carbocycles. The summed E-state index contributed by atoms with van der Waals surface area (Å²) in [6.07, 6.45) is 5.29. The highest BCUT2D eigenvalue weighted by molar-refractivity contribution is 6.01. The van der Waals surface area contributed by atoms with E-state index >= 15 is 0 Å². The molecule has 5 aromatic rings. The number of nitrogens with one attached hydrogen (secondary N) is 1. The lowest BCUT2D eigenvalue weighted by Crippen LogP contribution is -2.28. The summed E-state index contributed by atoms with van der Waals surface area (Å²) in [6, 6.07) is 15.0. The van der Waals surface area contributed by atoms with Crippen LogP contribution in [0.4, 0.5) is 4.39 Å². The zero-order valence-electron chi connectivity index (χ0n) is 22.9. The summed E-state index contributed by atoms with van der Waals surface area (Å²) in [5.41, 5.74) is 1.38. The summed E-state index contributed by atoms with van der Waals surface area (Å²) in [5.74, 6) is 1.28. The molecule has 41 heavy (non-hydrogen) atoms. The van der Waals surface area contributed by atoms with E-state index in [1.807, 2.05) is 19.1 Å². The summed E-state index contributed by atoms with van der Waals surface area (Å²) in [6.45, 7) is 3.97. The molecule has 0 fully saturated rings. The second-order valence-corrected chi connectivity index (χ2v) is 10.7. The summed E-state index contributed by atoms with van der Waals surface area (Å²) in [5, 5.41) is 12.5. The number of carbonyl (C=O) groups excluding carboxylic acids is 1. The van der Waals surface area contributed by atoms with Crippen LogP contribution in [0.1, 0.15) is 54.1 Å². The van der Waals surface area contributed by atoms with Crippen LogP contribution >= 0.6 is 0 Å². The molecule has 1 aliphatic rings. The van der Waals surface area contributed by atoms with Crippen molar-refractivity contribution in [2.75, 3.05) is 13.7 Å². The lowest BCUT2D eigenvalue weighted by atomic mass is 9.81. The van der Waals surface area contributed by atoms with Gasteiger partial charge in [0.15, 0.2) is 5.78 Å². The maximum Gasteiger partial charge on any atom is 0.163 e. The number of methoxy groups -OCH3 is 1. The largest absolute Gasteiger partial charge is 0.494 e. The van der Waals surface area contributed by atoms with Crippen LogP contribution in [0.15, 0.2) is 73.2 Å². The van der Waals surface area contributed by atoms with Crippen LogP contribution in [0.3, 0.4) is 0 Å². The number of ether oxygens (including phenoxy) is 2. The van der Waals surface area contributed by atoms with Gasteiger partial charge in [0.1, 0.15) is 46.6 Å².